The molecule has 12 heteroatoms. The zero-order valence-corrected chi connectivity index (χ0v) is 25.9. The normalized spacial score (nSPS) is 18.0. The van der Waals surface area contributed by atoms with Gasteiger partial charge >= 0.3 is 5.69 Å². The minimum atomic E-state index is -0.713. The third kappa shape index (κ3) is 4.49. The van der Waals surface area contributed by atoms with E-state index < -0.39 is 11.5 Å². The molecule has 0 spiro atoms. The van der Waals surface area contributed by atoms with Gasteiger partial charge in [-0.15, -0.1) is 0 Å². The third-order valence-corrected chi connectivity index (χ3v) is 8.77. The number of rotatable bonds is 4. The molecular formula is C32H33ClFN7O3. The van der Waals surface area contributed by atoms with E-state index in [0.29, 0.717) is 36.4 Å². The van der Waals surface area contributed by atoms with E-state index in [9.17, 15) is 14.7 Å². The molecule has 3 aromatic heterocycles. The lowest BCUT2D eigenvalue weighted by Gasteiger charge is -2.46. The largest absolute Gasteiger partial charge is 0.507 e. The molecule has 2 unspecified atom stereocenters. The quantitative estimate of drug-likeness (QED) is 0.325. The lowest BCUT2D eigenvalue weighted by molar-refractivity contribution is -0.127. The van der Waals surface area contributed by atoms with Crippen molar-refractivity contribution in [2.45, 2.75) is 45.7 Å². The van der Waals surface area contributed by atoms with Crippen LogP contribution in [0.1, 0.15) is 37.9 Å². The molecule has 1 N–H and O–H groups in total. The maximum Gasteiger partial charge on any atom is 0.355 e. The summed E-state index contributed by atoms with van der Waals surface area (Å²) in [6.45, 7) is 12.4. The first-order valence-electron chi connectivity index (χ1n) is 14.4. The first-order valence-corrected chi connectivity index (χ1v) is 14.8. The molecule has 0 aliphatic carbocycles. The lowest BCUT2D eigenvalue weighted by atomic mass is 10.0. The van der Waals surface area contributed by atoms with Crippen molar-refractivity contribution in [2.75, 3.05) is 36.5 Å². The van der Waals surface area contributed by atoms with Crippen molar-refractivity contribution in [3.63, 3.8) is 0 Å². The zero-order valence-electron chi connectivity index (χ0n) is 25.2. The van der Waals surface area contributed by atoms with Crippen LogP contribution in [-0.4, -0.2) is 74.2 Å². The Morgan fingerprint density at radius 2 is 1.93 bits per heavy atom. The molecule has 0 bridgehead atoms. The highest BCUT2D eigenvalue weighted by molar-refractivity contribution is 6.33. The number of piperazine rings is 1. The number of carbonyl (C=O) groups is 1. The SMILES string of the molecule is C=CC(=O)N1CC(C)N2c3nc(=O)n(-c4c(C)ccnc4C(C)C)c4nc(-c5c(O)cccc5Cl)c(F)c(c34)N(C)CC2C1. The summed E-state index contributed by atoms with van der Waals surface area (Å²) < 4.78 is 18.3. The number of phenols is 1. The number of phenolic OH excluding ortho intramolecular Hbond substituents is 1. The van der Waals surface area contributed by atoms with Gasteiger partial charge in [-0.2, -0.15) is 4.98 Å². The molecule has 4 aromatic rings. The second kappa shape index (κ2) is 10.9. The molecule has 1 saturated heterocycles. The van der Waals surface area contributed by atoms with Crippen LogP contribution >= 0.6 is 11.6 Å². The van der Waals surface area contributed by atoms with Crippen molar-refractivity contribution in [2.24, 2.45) is 0 Å². The van der Waals surface area contributed by atoms with E-state index in [4.69, 9.17) is 16.6 Å². The number of benzene rings is 1. The summed E-state index contributed by atoms with van der Waals surface area (Å²) in [7, 11) is 1.75. The summed E-state index contributed by atoms with van der Waals surface area (Å²) >= 11 is 6.53. The average molecular weight is 618 g/mol. The Balaban J connectivity index is 1.77. The molecular weight excluding hydrogens is 585 g/mol. The lowest BCUT2D eigenvalue weighted by Crippen LogP contribution is -2.61. The van der Waals surface area contributed by atoms with Gasteiger partial charge < -0.3 is 19.8 Å². The van der Waals surface area contributed by atoms with Crippen molar-refractivity contribution >= 4 is 40.0 Å². The predicted molar refractivity (Wildman–Crippen MR) is 170 cm³/mol. The first kappa shape index (κ1) is 29.6. The fraction of sp³-hybridized carbons (Fsp3) is 0.344. The Morgan fingerprint density at radius 1 is 1.18 bits per heavy atom. The van der Waals surface area contributed by atoms with E-state index in [1.165, 1.54) is 16.7 Å². The molecule has 6 rings (SSSR count). The minimum absolute atomic E-state index is 0.0145. The summed E-state index contributed by atoms with van der Waals surface area (Å²) in [4.78, 5) is 46.4. The zero-order chi connectivity index (χ0) is 31.6. The van der Waals surface area contributed by atoms with Crippen LogP contribution in [0.4, 0.5) is 15.9 Å². The second-order valence-corrected chi connectivity index (χ2v) is 12.2. The summed E-state index contributed by atoms with van der Waals surface area (Å²) in [5, 5.41) is 11.3. The Kier molecular flexibility index (Phi) is 7.31. The maximum absolute atomic E-state index is 17.0. The minimum Gasteiger partial charge on any atom is -0.507 e. The van der Waals surface area contributed by atoms with Crippen molar-refractivity contribution in [1.29, 1.82) is 0 Å². The smallest absolute Gasteiger partial charge is 0.355 e. The van der Waals surface area contributed by atoms with Crippen LogP contribution in [0.15, 0.2) is 47.9 Å². The predicted octanol–water partition coefficient (Wildman–Crippen LogP) is 4.81. The second-order valence-electron chi connectivity index (χ2n) is 11.8. The van der Waals surface area contributed by atoms with Gasteiger partial charge in [0.25, 0.3) is 0 Å². The number of halogens is 2. The van der Waals surface area contributed by atoms with Gasteiger partial charge in [-0.05, 0) is 49.6 Å². The van der Waals surface area contributed by atoms with E-state index in [-0.39, 0.29) is 63.1 Å². The number of hydrogen-bond acceptors (Lipinski definition) is 8. The monoisotopic (exact) mass is 617 g/mol. The Labute approximate surface area is 259 Å². The van der Waals surface area contributed by atoms with E-state index in [1.54, 1.807) is 41.2 Å². The molecule has 2 aliphatic heterocycles. The van der Waals surface area contributed by atoms with Gasteiger partial charge in [-0.1, -0.05) is 38.1 Å². The molecule has 1 amide bonds. The summed E-state index contributed by atoms with van der Waals surface area (Å²) in [6, 6.07) is 5.73. The molecule has 2 atom stereocenters. The summed E-state index contributed by atoms with van der Waals surface area (Å²) in [5.41, 5.74) is 1.47. The van der Waals surface area contributed by atoms with Crippen molar-refractivity contribution in [1.82, 2.24) is 24.4 Å². The summed E-state index contributed by atoms with van der Waals surface area (Å²) in [6.07, 6.45) is 2.97. The Hall–Kier alpha value is -4.51. The fourth-order valence-corrected chi connectivity index (χ4v) is 6.82. The van der Waals surface area contributed by atoms with Gasteiger partial charge in [0.05, 0.1) is 39.1 Å². The highest BCUT2D eigenvalue weighted by Crippen LogP contribution is 2.45. The number of hydrogen-bond donors (Lipinski definition) is 1. The number of carbonyl (C=O) groups excluding carboxylic acids is 1. The van der Waals surface area contributed by atoms with E-state index in [1.807, 2.05) is 32.6 Å². The van der Waals surface area contributed by atoms with Gasteiger partial charge in [0, 0.05) is 38.9 Å². The number of pyridine rings is 2. The Bertz CT molecular complexity index is 1890. The van der Waals surface area contributed by atoms with Crippen LogP contribution in [0.5, 0.6) is 5.75 Å². The van der Waals surface area contributed by atoms with Gasteiger partial charge in [0.1, 0.15) is 17.3 Å². The number of anilines is 2. The Morgan fingerprint density at radius 3 is 2.61 bits per heavy atom. The molecule has 10 nitrogen and oxygen atoms in total. The number of aromatic hydroxyl groups is 1. The van der Waals surface area contributed by atoms with Gasteiger partial charge in [0.2, 0.25) is 5.91 Å². The molecule has 1 aromatic carbocycles. The van der Waals surface area contributed by atoms with Crippen LogP contribution in [0.25, 0.3) is 28.0 Å². The molecule has 0 radical (unpaired) electrons. The van der Waals surface area contributed by atoms with Crippen LogP contribution in [0.3, 0.4) is 0 Å². The number of nitrogens with zero attached hydrogens (tertiary/aromatic N) is 7. The third-order valence-electron chi connectivity index (χ3n) is 8.46. The molecule has 0 saturated carbocycles. The van der Waals surface area contributed by atoms with Gasteiger partial charge in [0.15, 0.2) is 11.5 Å². The van der Waals surface area contributed by atoms with Crippen molar-refractivity contribution in [3.05, 3.63) is 75.7 Å². The number of aryl methyl sites for hydroxylation is 1. The standard InChI is InChI=1S/C32H33ClFN7O3/c1-7-22(43)39-13-18(5)40-19(15-39)14-38(6)29-24-30(36-27(25(29)34)23-20(33)9-8-10-21(23)42)41(32(44)37-31(24)40)28-17(4)11-12-35-26(28)16(2)3/h7-12,16,18-19,42H,1,13-15H2,2-6H3. The fourth-order valence-electron chi connectivity index (χ4n) is 6.57. The highest BCUT2D eigenvalue weighted by atomic mass is 35.5. The van der Waals surface area contributed by atoms with Crippen LogP contribution < -0.4 is 15.5 Å². The van der Waals surface area contributed by atoms with Gasteiger partial charge in [-0.25, -0.2) is 18.7 Å². The number of likely N-dealkylation sites (N-methyl/N-ethyl adjacent to an activating group) is 1. The van der Waals surface area contributed by atoms with Crippen molar-refractivity contribution < 1.29 is 14.3 Å². The van der Waals surface area contributed by atoms with Crippen molar-refractivity contribution in [3.8, 4) is 22.7 Å². The highest BCUT2D eigenvalue weighted by Gasteiger charge is 2.41. The van der Waals surface area contributed by atoms with Crippen LogP contribution in [0.2, 0.25) is 5.02 Å². The molecule has 5 heterocycles. The number of aromatic nitrogens is 4. The van der Waals surface area contributed by atoms with E-state index >= 15 is 4.39 Å². The topological polar surface area (TPSA) is 108 Å². The van der Waals surface area contributed by atoms with Gasteiger partial charge in [-0.3, -0.25) is 9.78 Å². The average Bonchev–Trinajstić information content (AvgIpc) is 3.09. The molecule has 44 heavy (non-hydrogen) atoms. The molecule has 228 valence electrons. The maximum atomic E-state index is 17.0. The van der Waals surface area contributed by atoms with Crippen LogP contribution in [0, 0.1) is 12.7 Å². The van der Waals surface area contributed by atoms with E-state index in [0.717, 1.165) is 5.56 Å². The molecule has 1 fully saturated rings. The van der Waals surface area contributed by atoms with E-state index in [2.05, 4.69) is 16.5 Å². The number of amides is 1. The number of fused-ring (bicyclic) bond motifs is 2. The van der Waals surface area contributed by atoms with Crippen LogP contribution in [-0.2, 0) is 4.79 Å². The first-order chi connectivity index (χ1) is 20.9. The molecule has 2 aliphatic rings. The summed E-state index contributed by atoms with van der Waals surface area (Å²) in [5.74, 6) is -0.934.